The summed E-state index contributed by atoms with van der Waals surface area (Å²) in [7, 11) is 0. The molecular weight excluding hydrogens is 390 g/mol. The summed E-state index contributed by atoms with van der Waals surface area (Å²) in [6, 6.07) is 0. The Morgan fingerprint density at radius 2 is 1.62 bits per heavy atom. The van der Waals surface area contributed by atoms with Crippen LogP contribution < -0.4 is 5.32 Å². The Morgan fingerprint density at radius 3 is 2.17 bits per heavy atom. The lowest BCUT2D eigenvalue weighted by atomic mass is 9.49. The highest BCUT2D eigenvalue weighted by Gasteiger charge is 2.55. The van der Waals surface area contributed by atoms with Gasteiger partial charge >= 0.3 is 11.9 Å². The van der Waals surface area contributed by atoms with Crippen LogP contribution in [-0.2, 0) is 19.1 Å². The number of hydrogen-bond donors (Lipinski definition) is 1. The number of thiophene rings is 1. The molecule has 1 aromatic heterocycles. The van der Waals surface area contributed by atoms with Gasteiger partial charge < -0.3 is 14.8 Å². The number of amides is 1. The number of ether oxygens (including phenoxy) is 2. The van der Waals surface area contributed by atoms with Crippen LogP contribution >= 0.6 is 11.3 Å². The maximum atomic E-state index is 12.9. The van der Waals surface area contributed by atoms with Gasteiger partial charge in [0.25, 0.3) is 5.91 Å². The van der Waals surface area contributed by atoms with E-state index in [4.69, 9.17) is 9.47 Å². The first-order chi connectivity index (χ1) is 13.8. The Balaban J connectivity index is 1.38. The maximum absolute atomic E-state index is 12.9. The van der Waals surface area contributed by atoms with Crippen LogP contribution in [-0.4, -0.2) is 31.1 Å². The van der Waals surface area contributed by atoms with E-state index in [1.165, 1.54) is 30.6 Å². The first-order valence-electron chi connectivity index (χ1n) is 10.6. The van der Waals surface area contributed by atoms with Crippen LogP contribution in [0.5, 0.6) is 0 Å². The van der Waals surface area contributed by atoms with E-state index in [0.29, 0.717) is 28.3 Å². The third-order valence-corrected chi connectivity index (χ3v) is 8.05. The summed E-state index contributed by atoms with van der Waals surface area (Å²) >= 11 is 1.33. The number of carbonyl (C=O) groups is 3. The van der Waals surface area contributed by atoms with Gasteiger partial charge in [-0.1, -0.05) is 0 Å². The lowest BCUT2D eigenvalue weighted by Gasteiger charge is -2.55. The van der Waals surface area contributed by atoms with Crippen LogP contribution in [0.3, 0.4) is 0 Å². The van der Waals surface area contributed by atoms with Gasteiger partial charge in [0, 0.05) is 4.88 Å². The van der Waals surface area contributed by atoms with Gasteiger partial charge in [0.05, 0.1) is 17.6 Å². The number of anilines is 1. The summed E-state index contributed by atoms with van der Waals surface area (Å²) in [5.41, 5.74) is 0.811. The molecular formula is C22H29NO5S. The summed E-state index contributed by atoms with van der Waals surface area (Å²) in [4.78, 5) is 38.6. The summed E-state index contributed by atoms with van der Waals surface area (Å²) in [5, 5.41) is 3.20. The normalized spacial score (nSPS) is 29.6. The SMILES string of the molecule is CCOC(=O)c1c(NC(=O)COC(=O)C23CC4CC(CC(C4)C2)C3)sc(C)c1C. The van der Waals surface area contributed by atoms with E-state index in [2.05, 4.69) is 5.32 Å². The van der Waals surface area contributed by atoms with Crippen LogP contribution in [0.4, 0.5) is 5.00 Å². The minimum Gasteiger partial charge on any atom is -0.462 e. The minimum atomic E-state index is -0.449. The second-order valence-corrected chi connectivity index (χ2v) is 10.3. The molecule has 29 heavy (non-hydrogen) atoms. The van der Waals surface area contributed by atoms with Crippen molar-refractivity contribution in [3.63, 3.8) is 0 Å². The molecule has 1 N–H and O–H groups in total. The number of hydrogen-bond acceptors (Lipinski definition) is 6. The van der Waals surface area contributed by atoms with Gasteiger partial charge in [0.1, 0.15) is 5.00 Å². The summed E-state index contributed by atoms with van der Waals surface area (Å²) in [5.74, 6) is 0.853. The zero-order valence-electron chi connectivity index (χ0n) is 17.3. The highest BCUT2D eigenvalue weighted by Crippen LogP contribution is 2.60. The standard InChI is InChI=1S/C22H29NO5S/c1-4-27-20(25)18-12(2)13(3)29-19(18)23-17(24)11-28-21(26)22-8-14-5-15(9-22)7-16(6-14)10-22/h14-16H,4-11H2,1-3H3,(H,23,24). The van der Waals surface area contributed by atoms with Crippen molar-refractivity contribution in [1.82, 2.24) is 0 Å². The van der Waals surface area contributed by atoms with Crippen molar-refractivity contribution >= 4 is 34.2 Å². The number of carbonyl (C=O) groups excluding carboxylic acids is 3. The Labute approximate surface area is 175 Å². The molecule has 0 saturated heterocycles. The molecule has 158 valence electrons. The molecule has 1 heterocycles. The van der Waals surface area contributed by atoms with E-state index in [9.17, 15) is 14.4 Å². The van der Waals surface area contributed by atoms with E-state index in [0.717, 1.165) is 29.7 Å². The molecule has 6 nitrogen and oxygen atoms in total. The molecule has 0 atom stereocenters. The van der Waals surface area contributed by atoms with Gasteiger partial charge in [-0.25, -0.2) is 4.79 Å². The molecule has 0 aromatic carbocycles. The van der Waals surface area contributed by atoms with Gasteiger partial charge in [-0.2, -0.15) is 0 Å². The van der Waals surface area contributed by atoms with Crippen LogP contribution in [0.15, 0.2) is 0 Å². The van der Waals surface area contributed by atoms with Crippen molar-refractivity contribution in [3.8, 4) is 0 Å². The Morgan fingerprint density at radius 1 is 1.03 bits per heavy atom. The highest BCUT2D eigenvalue weighted by atomic mass is 32.1. The zero-order valence-corrected chi connectivity index (χ0v) is 18.2. The Kier molecular flexibility index (Phi) is 5.44. The molecule has 0 unspecified atom stereocenters. The summed E-state index contributed by atoms with van der Waals surface area (Å²) < 4.78 is 10.6. The number of nitrogens with one attached hydrogen (secondary N) is 1. The molecule has 4 fully saturated rings. The first-order valence-corrected chi connectivity index (χ1v) is 11.4. The predicted octanol–water partition coefficient (Wildman–Crippen LogP) is 4.24. The third kappa shape index (κ3) is 3.81. The fourth-order valence-corrected chi connectivity index (χ4v) is 7.04. The van der Waals surface area contributed by atoms with E-state index in [1.54, 1.807) is 6.92 Å². The maximum Gasteiger partial charge on any atom is 0.341 e. The molecule has 4 bridgehead atoms. The topological polar surface area (TPSA) is 81.7 Å². The summed E-state index contributed by atoms with van der Waals surface area (Å²) in [6.45, 7) is 5.42. The average Bonchev–Trinajstić information content (AvgIpc) is 2.92. The van der Waals surface area contributed by atoms with Crippen molar-refractivity contribution < 1.29 is 23.9 Å². The Hall–Kier alpha value is -1.89. The smallest absolute Gasteiger partial charge is 0.341 e. The molecule has 4 aliphatic rings. The zero-order chi connectivity index (χ0) is 20.8. The van der Waals surface area contributed by atoms with Gasteiger partial charge in [0.2, 0.25) is 0 Å². The van der Waals surface area contributed by atoms with Crippen molar-refractivity contribution in [2.75, 3.05) is 18.5 Å². The molecule has 7 heteroatoms. The molecule has 4 aliphatic carbocycles. The fourth-order valence-electron chi connectivity index (χ4n) is 5.97. The van der Waals surface area contributed by atoms with E-state index >= 15 is 0 Å². The van der Waals surface area contributed by atoms with E-state index < -0.39 is 11.9 Å². The average molecular weight is 420 g/mol. The van der Waals surface area contributed by atoms with Crippen molar-refractivity contribution in [2.24, 2.45) is 23.2 Å². The second-order valence-electron chi connectivity index (χ2n) is 9.03. The predicted molar refractivity (Wildman–Crippen MR) is 110 cm³/mol. The lowest BCUT2D eigenvalue weighted by molar-refractivity contribution is -0.172. The highest BCUT2D eigenvalue weighted by molar-refractivity contribution is 7.16. The fraction of sp³-hybridized carbons (Fsp3) is 0.682. The molecule has 0 spiro atoms. The molecule has 0 aliphatic heterocycles. The molecule has 0 radical (unpaired) electrons. The van der Waals surface area contributed by atoms with Gasteiger partial charge in [0.15, 0.2) is 6.61 Å². The van der Waals surface area contributed by atoms with Crippen molar-refractivity contribution in [1.29, 1.82) is 0 Å². The Bertz CT molecular complexity index is 807. The van der Waals surface area contributed by atoms with Crippen LogP contribution in [0.1, 0.15) is 66.2 Å². The largest absolute Gasteiger partial charge is 0.462 e. The van der Waals surface area contributed by atoms with Crippen molar-refractivity contribution in [3.05, 3.63) is 16.0 Å². The van der Waals surface area contributed by atoms with E-state index in [1.807, 2.05) is 13.8 Å². The molecule has 5 rings (SSSR count). The number of aryl methyl sites for hydroxylation is 1. The van der Waals surface area contributed by atoms with Gasteiger partial charge in [-0.3, -0.25) is 9.59 Å². The molecule has 1 amide bonds. The van der Waals surface area contributed by atoms with Crippen LogP contribution in [0, 0.1) is 37.0 Å². The molecule has 4 saturated carbocycles. The van der Waals surface area contributed by atoms with Crippen LogP contribution in [0.2, 0.25) is 0 Å². The van der Waals surface area contributed by atoms with Gasteiger partial charge in [-0.05, 0) is 82.6 Å². The van der Waals surface area contributed by atoms with Crippen molar-refractivity contribution in [2.45, 2.75) is 59.3 Å². The molecule has 1 aromatic rings. The number of rotatable bonds is 6. The summed E-state index contributed by atoms with van der Waals surface area (Å²) in [6.07, 6.45) is 6.49. The van der Waals surface area contributed by atoms with Crippen LogP contribution in [0.25, 0.3) is 0 Å². The number of esters is 2. The lowest BCUT2D eigenvalue weighted by Crippen LogP contribution is -2.50. The minimum absolute atomic E-state index is 0.212. The quantitative estimate of drug-likeness (QED) is 0.698. The third-order valence-electron chi connectivity index (χ3n) is 6.92. The van der Waals surface area contributed by atoms with Gasteiger partial charge in [-0.15, -0.1) is 11.3 Å². The second kappa shape index (κ2) is 7.74. The van der Waals surface area contributed by atoms with E-state index in [-0.39, 0.29) is 24.6 Å². The monoisotopic (exact) mass is 419 g/mol. The first kappa shape index (κ1) is 20.4.